The van der Waals surface area contributed by atoms with E-state index in [1.807, 2.05) is 28.0 Å². The van der Waals surface area contributed by atoms with E-state index >= 15 is 0 Å². The molecule has 0 aromatic heterocycles. The van der Waals surface area contributed by atoms with Crippen molar-refractivity contribution in [3.8, 4) is 0 Å². The minimum absolute atomic E-state index is 0.0672. The van der Waals surface area contributed by atoms with Gasteiger partial charge in [0.05, 0.1) is 22.2 Å². The lowest BCUT2D eigenvalue weighted by atomic mass is 10.1. The molecule has 0 aliphatic carbocycles. The van der Waals surface area contributed by atoms with Crippen LogP contribution in [0.25, 0.3) is 0 Å². The zero-order chi connectivity index (χ0) is 20.5. The van der Waals surface area contributed by atoms with Crippen LogP contribution in [0.4, 0.5) is 10.1 Å². The highest BCUT2D eigenvalue weighted by molar-refractivity contribution is 6.36. The number of carbonyl (C=O) groups excluding carboxylic acids is 2. The van der Waals surface area contributed by atoms with Gasteiger partial charge in [0.25, 0.3) is 5.91 Å². The third-order valence-corrected chi connectivity index (χ3v) is 6.05. The molecule has 1 saturated heterocycles. The summed E-state index contributed by atoms with van der Waals surface area (Å²) in [5.41, 5.74) is 2.29. The first-order valence-electron chi connectivity index (χ1n) is 9.48. The average Bonchev–Trinajstić information content (AvgIpc) is 3.15. The van der Waals surface area contributed by atoms with Crippen molar-refractivity contribution in [2.75, 3.05) is 44.2 Å². The Bertz CT molecular complexity index is 961. The number of amides is 2. The van der Waals surface area contributed by atoms with Gasteiger partial charge in [-0.1, -0.05) is 41.4 Å². The summed E-state index contributed by atoms with van der Waals surface area (Å²) in [5, 5.41) is 0.0186. The highest BCUT2D eigenvalue weighted by Crippen LogP contribution is 2.28. The SMILES string of the molecule is O=C(c1cc(F)c(Cl)cc1Cl)N1CCN(CC(=O)N2CCc3ccccc32)CC1. The molecule has 5 nitrogen and oxygen atoms in total. The van der Waals surface area contributed by atoms with Gasteiger partial charge in [0.1, 0.15) is 5.82 Å². The van der Waals surface area contributed by atoms with Crippen LogP contribution in [0.2, 0.25) is 10.0 Å². The van der Waals surface area contributed by atoms with Gasteiger partial charge >= 0.3 is 0 Å². The molecule has 2 aromatic rings. The Morgan fingerprint density at radius 2 is 1.69 bits per heavy atom. The molecule has 0 atom stereocenters. The summed E-state index contributed by atoms with van der Waals surface area (Å²) in [4.78, 5) is 31.0. The van der Waals surface area contributed by atoms with Crippen LogP contribution in [-0.4, -0.2) is 60.9 Å². The van der Waals surface area contributed by atoms with Gasteiger partial charge < -0.3 is 9.80 Å². The maximum atomic E-state index is 13.7. The number of fused-ring (bicyclic) bond motifs is 1. The van der Waals surface area contributed by atoms with Gasteiger partial charge in [-0.2, -0.15) is 0 Å². The summed E-state index contributed by atoms with van der Waals surface area (Å²) in [5.74, 6) is -0.933. The Kier molecular flexibility index (Phi) is 5.76. The van der Waals surface area contributed by atoms with Crippen molar-refractivity contribution in [2.45, 2.75) is 6.42 Å². The monoisotopic (exact) mass is 435 g/mol. The molecule has 0 radical (unpaired) electrons. The van der Waals surface area contributed by atoms with E-state index in [9.17, 15) is 14.0 Å². The number of piperazine rings is 1. The molecular formula is C21H20Cl2FN3O2. The molecule has 1 fully saturated rings. The van der Waals surface area contributed by atoms with Gasteiger partial charge in [0, 0.05) is 38.4 Å². The lowest BCUT2D eigenvalue weighted by Gasteiger charge is -2.35. The van der Waals surface area contributed by atoms with E-state index < -0.39 is 5.82 Å². The Balaban J connectivity index is 1.35. The highest BCUT2D eigenvalue weighted by atomic mass is 35.5. The Morgan fingerprint density at radius 1 is 0.966 bits per heavy atom. The normalized spacial score (nSPS) is 16.8. The molecule has 0 spiro atoms. The van der Waals surface area contributed by atoms with Crippen LogP contribution in [0.1, 0.15) is 15.9 Å². The molecule has 8 heteroatoms. The zero-order valence-electron chi connectivity index (χ0n) is 15.7. The van der Waals surface area contributed by atoms with Gasteiger partial charge in [0.2, 0.25) is 5.91 Å². The summed E-state index contributed by atoms with van der Waals surface area (Å²) in [6, 6.07) is 10.3. The largest absolute Gasteiger partial charge is 0.336 e. The van der Waals surface area contributed by atoms with Crippen LogP contribution >= 0.6 is 23.2 Å². The molecule has 2 amide bonds. The lowest BCUT2D eigenvalue weighted by Crippen LogP contribution is -2.51. The molecule has 0 N–H and O–H groups in total. The van der Waals surface area contributed by atoms with Crippen molar-refractivity contribution >= 4 is 40.7 Å². The van der Waals surface area contributed by atoms with Crippen molar-refractivity contribution in [3.05, 3.63) is 63.4 Å². The van der Waals surface area contributed by atoms with Crippen molar-refractivity contribution in [1.82, 2.24) is 9.80 Å². The molecule has 2 aliphatic rings. The summed E-state index contributed by atoms with van der Waals surface area (Å²) in [7, 11) is 0. The summed E-state index contributed by atoms with van der Waals surface area (Å²) in [6.45, 7) is 3.05. The van der Waals surface area contributed by atoms with E-state index in [2.05, 4.69) is 6.07 Å². The molecule has 2 heterocycles. The van der Waals surface area contributed by atoms with Crippen LogP contribution in [0.5, 0.6) is 0 Å². The number of benzene rings is 2. The van der Waals surface area contributed by atoms with Crippen LogP contribution in [0.3, 0.4) is 0 Å². The molecular weight excluding hydrogens is 416 g/mol. The number of hydrogen-bond donors (Lipinski definition) is 0. The lowest BCUT2D eigenvalue weighted by molar-refractivity contribution is -0.120. The van der Waals surface area contributed by atoms with Crippen molar-refractivity contribution < 1.29 is 14.0 Å². The van der Waals surface area contributed by atoms with E-state index in [0.717, 1.165) is 18.2 Å². The van der Waals surface area contributed by atoms with Gasteiger partial charge in [-0.05, 0) is 30.2 Å². The van der Waals surface area contributed by atoms with Crippen molar-refractivity contribution in [3.63, 3.8) is 0 Å². The zero-order valence-corrected chi connectivity index (χ0v) is 17.2. The Morgan fingerprint density at radius 3 is 2.45 bits per heavy atom. The first-order chi connectivity index (χ1) is 13.9. The van der Waals surface area contributed by atoms with Crippen molar-refractivity contribution in [1.29, 1.82) is 0 Å². The highest BCUT2D eigenvalue weighted by Gasteiger charge is 2.29. The first kappa shape index (κ1) is 20.1. The molecule has 0 saturated carbocycles. The molecule has 0 unspecified atom stereocenters. The van der Waals surface area contributed by atoms with Crippen LogP contribution < -0.4 is 4.90 Å². The minimum Gasteiger partial charge on any atom is -0.336 e. The second-order valence-electron chi connectivity index (χ2n) is 7.24. The first-order valence-corrected chi connectivity index (χ1v) is 10.2. The van der Waals surface area contributed by atoms with Gasteiger partial charge in [-0.25, -0.2) is 4.39 Å². The number of nitrogens with zero attached hydrogens (tertiary/aromatic N) is 3. The molecule has 2 aliphatic heterocycles. The summed E-state index contributed by atoms with van der Waals surface area (Å²) >= 11 is 11.8. The van der Waals surface area contributed by atoms with Gasteiger partial charge in [-0.15, -0.1) is 0 Å². The van der Waals surface area contributed by atoms with Crippen molar-refractivity contribution in [2.24, 2.45) is 0 Å². The number of anilines is 1. The van der Waals surface area contributed by atoms with Crippen LogP contribution in [0.15, 0.2) is 36.4 Å². The number of rotatable bonds is 3. The van der Waals surface area contributed by atoms with E-state index in [-0.39, 0.29) is 27.4 Å². The smallest absolute Gasteiger partial charge is 0.255 e. The van der Waals surface area contributed by atoms with E-state index in [0.29, 0.717) is 39.3 Å². The fourth-order valence-electron chi connectivity index (χ4n) is 3.84. The van der Waals surface area contributed by atoms with Crippen LogP contribution in [-0.2, 0) is 11.2 Å². The molecule has 152 valence electrons. The van der Waals surface area contributed by atoms with E-state index in [1.165, 1.54) is 11.6 Å². The second kappa shape index (κ2) is 8.30. The average molecular weight is 436 g/mol. The predicted octanol–water partition coefficient (Wildman–Crippen LogP) is 3.48. The second-order valence-corrected chi connectivity index (χ2v) is 8.05. The van der Waals surface area contributed by atoms with E-state index in [1.54, 1.807) is 4.90 Å². The Labute approximate surface area is 178 Å². The fraction of sp³-hybridized carbons (Fsp3) is 0.333. The van der Waals surface area contributed by atoms with Gasteiger partial charge in [0.15, 0.2) is 0 Å². The fourth-order valence-corrected chi connectivity index (χ4v) is 4.30. The third kappa shape index (κ3) is 4.10. The molecule has 29 heavy (non-hydrogen) atoms. The van der Waals surface area contributed by atoms with Gasteiger partial charge in [-0.3, -0.25) is 14.5 Å². The minimum atomic E-state index is -0.672. The maximum Gasteiger partial charge on any atom is 0.255 e. The molecule has 4 rings (SSSR count). The van der Waals surface area contributed by atoms with E-state index in [4.69, 9.17) is 23.2 Å². The topological polar surface area (TPSA) is 43.9 Å². The number of hydrogen-bond acceptors (Lipinski definition) is 3. The number of halogens is 3. The maximum absolute atomic E-state index is 13.7. The standard InChI is InChI=1S/C21H20Cl2FN3O2/c22-16-12-17(23)18(24)11-15(16)21(29)26-9-7-25(8-10-26)13-20(28)27-6-5-14-3-1-2-4-19(14)27/h1-4,11-12H,5-10,13H2. The summed E-state index contributed by atoms with van der Waals surface area (Å²) < 4.78 is 13.7. The molecule has 2 aromatic carbocycles. The predicted molar refractivity (Wildman–Crippen MR) is 111 cm³/mol. The number of para-hydroxylation sites is 1. The molecule has 0 bridgehead atoms. The third-order valence-electron chi connectivity index (χ3n) is 5.45. The Hall–Kier alpha value is -2.15. The summed E-state index contributed by atoms with van der Waals surface area (Å²) in [6.07, 6.45) is 0.878. The number of carbonyl (C=O) groups is 2. The quantitative estimate of drug-likeness (QED) is 0.693. The van der Waals surface area contributed by atoms with Crippen LogP contribution in [0, 0.1) is 5.82 Å².